The quantitative estimate of drug-likeness (QED) is 0.674. The van der Waals surface area contributed by atoms with Crippen LogP contribution in [0.5, 0.6) is 0 Å². The maximum Gasteiger partial charge on any atom is 0.240 e. The van der Waals surface area contributed by atoms with Gasteiger partial charge in [0.2, 0.25) is 15.9 Å². The van der Waals surface area contributed by atoms with Crippen molar-refractivity contribution in [3.8, 4) is 0 Å². The standard InChI is InChI=1S/C19H19ClF2N4O3S/c1-10(18-14(21)4-3-5-15(18)22)19(27)25-12-6-7-16(17(8-12)30(23,28)29)26-11(2)13(20)9-24-26/h3-11,13H,1-2H3,(H,25,27)(H2,23,28,29). The third-order valence-electron chi connectivity index (χ3n) is 4.79. The zero-order valence-electron chi connectivity index (χ0n) is 16.0. The van der Waals surface area contributed by atoms with Crippen LogP contribution in [0.2, 0.25) is 0 Å². The molecule has 1 aliphatic heterocycles. The van der Waals surface area contributed by atoms with E-state index in [1.54, 1.807) is 6.92 Å². The van der Waals surface area contributed by atoms with Crippen LogP contribution in [-0.2, 0) is 14.8 Å². The first-order valence-electron chi connectivity index (χ1n) is 8.89. The summed E-state index contributed by atoms with van der Waals surface area (Å²) in [5, 5.41) is 12.9. The molecule has 3 N–H and O–H groups in total. The monoisotopic (exact) mass is 456 g/mol. The lowest BCUT2D eigenvalue weighted by atomic mass is 9.99. The highest BCUT2D eigenvalue weighted by atomic mass is 35.5. The number of primary sulfonamides is 1. The number of rotatable bonds is 5. The molecule has 0 saturated heterocycles. The second kappa shape index (κ2) is 8.29. The normalized spacial score (nSPS) is 19.7. The van der Waals surface area contributed by atoms with Crippen molar-refractivity contribution in [2.45, 2.75) is 36.1 Å². The Morgan fingerprint density at radius 1 is 1.27 bits per heavy atom. The van der Waals surface area contributed by atoms with Gasteiger partial charge in [-0.15, -0.1) is 11.6 Å². The van der Waals surface area contributed by atoms with E-state index in [1.807, 2.05) is 0 Å². The number of carbonyl (C=O) groups is 1. The van der Waals surface area contributed by atoms with E-state index < -0.39 is 38.9 Å². The Morgan fingerprint density at radius 2 is 1.90 bits per heavy atom. The maximum absolute atomic E-state index is 14.0. The minimum absolute atomic E-state index is 0.0922. The first kappa shape index (κ1) is 22.1. The summed E-state index contributed by atoms with van der Waals surface area (Å²) in [7, 11) is -4.19. The molecule has 1 aliphatic rings. The number of halogens is 3. The fourth-order valence-corrected chi connectivity index (χ4v) is 4.00. The number of hydrogen-bond acceptors (Lipinski definition) is 5. The van der Waals surface area contributed by atoms with E-state index in [0.29, 0.717) is 0 Å². The molecular weight excluding hydrogens is 438 g/mol. The van der Waals surface area contributed by atoms with Gasteiger partial charge in [-0.3, -0.25) is 9.80 Å². The molecule has 30 heavy (non-hydrogen) atoms. The zero-order chi connectivity index (χ0) is 22.2. The molecule has 3 unspecified atom stereocenters. The second-order valence-electron chi connectivity index (χ2n) is 6.87. The van der Waals surface area contributed by atoms with Gasteiger partial charge in [0.1, 0.15) is 16.5 Å². The number of amides is 1. The third kappa shape index (κ3) is 4.30. The van der Waals surface area contributed by atoms with Crippen molar-refractivity contribution in [3.63, 3.8) is 0 Å². The van der Waals surface area contributed by atoms with Gasteiger partial charge in [0.05, 0.1) is 23.0 Å². The number of sulfonamides is 1. The largest absolute Gasteiger partial charge is 0.326 e. The fraction of sp³-hybridized carbons (Fsp3) is 0.263. The van der Waals surface area contributed by atoms with E-state index in [2.05, 4.69) is 10.4 Å². The summed E-state index contributed by atoms with van der Waals surface area (Å²) in [4.78, 5) is 12.3. The number of carbonyl (C=O) groups excluding carboxylic acids is 1. The fourth-order valence-electron chi connectivity index (χ4n) is 3.10. The molecule has 1 amide bonds. The summed E-state index contributed by atoms with van der Waals surface area (Å²) in [6, 6.07) is 7.01. The van der Waals surface area contributed by atoms with Gasteiger partial charge in [-0.2, -0.15) is 5.10 Å². The molecular formula is C19H19ClF2N4O3S. The van der Waals surface area contributed by atoms with Crippen LogP contribution < -0.4 is 15.5 Å². The Balaban J connectivity index is 1.92. The molecule has 11 heteroatoms. The van der Waals surface area contributed by atoms with Gasteiger partial charge in [0.25, 0.3) is 0 Å². The van der Waals surface area contributed by atoms with Crippen LogP contribution in [0.1, 0.15) is 25.3 Å². The summed E-state index contributed by atoms with van der Waals surface area (Å²) in [5.74, 6) is -3.59. The van der Waals surface area contributed by atoms with Crippen LogP contribution in [0.15, 0.2) is 46.4 Å². The molecule has 2 aromatic rings. The minimum atomic E-state index is -4.19. The molecule has 0 aromatic heterocycles. The molecule has 3 atom stereocenters. The second-order valence-corrected chi connectivity index (χ2v) is 8.90. The summed E-state index contributed by atoms with van der Waals surface area (Å²) >= 11 is 6.10. The van der Waals surface area contributed by atoms with Gasteiger partial charge >= 0.3 is 0 Å². The molecule has 160 valence electrons. The van der Waals surface area contributed by atoms with Crippen molar-refractivity contribution in [1.29, 1.82) is 0 Å². The van der Waals surface area contributed by atoms with Gasteiger partial charge in [0, 0.05) is 17.5 Å². The molecule has 0 spiro atoms. The number of nitrogens with zero attached hydrogens (tertiary/aromatic N) is 2. The maximum atomic E-state index is 14.0. The first-order chi connectivity index (χ1) is 14.0. The van der Waals surface area contributed by atoms with E-state index >= 15 is 0 Å². The highest BCUT2D eigenvalue weighted by Gasteiger charge is 2.30. The van der Waals surface area contributed by atoms with E-state index in [-0.39, 0.29) is 27.9 Å². The Hall–Kier alpha value is -2.56. The van der Waals surface area contributed by atoms with Crippen molar-refractivity contribution in [3.05, 3.63) is 53.6 Å². The molecule has 3 rings (SSSR count). The predicted molar refractivity (Wildman–Crippen MR) is 111 cm³/mol. The van der Waals surface area contributed by atoms with Crippen molar-refractivity contribution in [2.24, 2.45) is 10.2 Å². The first-order valence-corrected chi connectivity index (χ1v) is 10.9. The SMILES string of the molecule is CC(C(=O)Nc1ccc(N2N=CC(Cl)C2C)c(S(N)(=O)=O)c1)c1c(F)cccc1F. The van der Waals surface area contributed by atoms with Crippen LogP contribution in [-0.4, -0.2) is 32.0 Å². The van der Waals surface area contributed by atoms with Crippen LogP contribution in [0.25, 0.3) is 0 Å². The molecule has 0 aliphatic carbocycles. The number of anilines is 2. The topological polar surface area (TPSA) is 105 Å². The lowest BCUT2D eigenvalue weighted by molar-refractivity contribution is -0.117. The number of alkyl halides is 1. The number of hydrogen-bond donors (Lipinski definition) is 2. The van der Waals surface area contributed by atoms with Crippen LogP contribution >= 0.6 is 11.6 Å². The van der Waals surface area contributed by atoms with Gasteiger partial charge in [-0.25, -0.2) is 22.3 Å². The minimum Gasteiger partial charge on any atom is -0.326 e. The Labute approximate surface area is 177 Å². The van der Waals surface area contributed by atoms with Gasteiger partial charge in [-0.05, 0) is 44.2 Å². The van der Waals surface area contributed by atoms with Crippen LogP contribution in [0.3, 0.4) is 0 Å². The third-order valence-corrected chi connectivity index (χ3v) is 6.20. The highest BCUT2D eigenvalue weighted by Crippen LogP contribution is 2.33. The molecule has 0 saturated carbocycles. The van der Waals surface area contributed by atoms with Crippen molar-refractivity contribution in [2.75, 3.05) is 10.3 Å². The number of hydrazone groups is 1. The molecule has 0 fully saturated rings. The number of nitrogens with one attached hydrogen (secondary N) is 1. The van der Waals surface area contributed by atoms with E-state index in [0.717, 1.165) is 18.2 Å². The van der Waals surface area contributed by atoms with Crippen molar-refractivity contribution in [1.82, 2.24) is 0 Å². The number of benzene rings is 2. The van der Waals surface area contributed by atoms with Crippen molar-refractivity contribution < 1.29 is 22.0 Å². The molecule has 0 radical (unpaired) electrons. The molecule has 0 bridgehead atoms. The molecule has 2 aromatic carbocycles. The van der Waals surface area contributed by atoms with Crippen molar-refractivity contribution >= 4 is 45.1 Å². The van der Waals surface area contributed by atoms with Crippen LogP contribution in [0, 0.1) is 11.6 Å². The van der Waals surface area contributed by atoms with E-state index in [4.69, 9.17) is 16.7 Å². The average molecular weight is 457 g/mol. The zero-order valence-corrected chi connectivity index (χ0v) is 17.6. The molecule has 7 nitrogen and oxygen atoms in total. The summed E-state index contributed by atoms with van der Waals surface area (Å²) in [6.07, 6.45) is 1.47. The lowest BCUT2D eigenvalue weighted by Gasteiger charge is -2.24. The smallest absolute Gasteiger partial charge is 0.240 e. The highest BCUT2D eigenvalue weighted by molar-refractivity contribution is 7.89. The summed E-state index contributed by atoms with van der Waals surface area (Å²) in [5.41, 5.74) is -0.100. The number of nitrogens with two attached hydrogens (primary N) is 1. The van der Waals surface area contributed by atoms with Gasteiger partial charge in [-0.1, -0.05) is 6.07 Å². The lowest BCUT2D eigenvalue weighted by Crippen LogP contribution is -2.31. The summed E-state index contributed by atoms with van der Waals surface area (Å²) < 4.78 is 52.2. The van der Waals surface area contributed by atoms with E-state index in [9.17, 15) is 22.0 Å². The van der Waals surface area contributed by atoms with E-state index in [1.165, 1.54) is 36.3 Å². The van der Waals surface area contributed by atoms with Crippen LogP contribution in [0.4, 0.5) is 20.2 Å². The Morgan fingerprint density at radius 3 is 2.43 bits per heavy atom. The average Bonchev–Trinajstić information content (AvgIpc) is 2.99. The Bertz CT molecular complexity index is 1110. The molecule has 1 heterocycles. The summed E-state index contributed by atoms with van der Waals surface area (Å²) in [6.45, 7) is 3.10. The Kier molecular flexibility index (Phi) is 6.11. The van der Waals surface area contributed by atoms with Gasteiger partial charge < -0.3 is 5.32 Å². The van der Waals surface area contributed by atoms with Gasteiger partial charge in [0.15, 0.2) is 0 Å². The predicted octanol–water partition coefficient (Wildman–Crippen LogP) is 3.16.